The second-order valence-corrected chi connectivity index (χ2v) is 12.9. The first kappa shape index (κ1) is 17.2. The maximum absolute atomic E-state index is 8.68. The van der Waals surface area contributed by atoms with E-state index in [1.165, 1.54) is 17.7 Å². The van der Waals surface area contributed by atoms with Gasteiger partial charge in [0.2, 0.25) is 0 Å². The number of hydrogen-bond donors (Lipinski definition) is 0. The van der Waals surface area contributed by atoms with Crippen molar-refractivity contribution in [2.75, 3.05) is 0 Å². The van der Waals surface area contributed by atoms with E-state index in [2.05, 4.69) is 59.7 Å². The monoisotopic (exact) mass is 494 g/mol. The predicted molar refractivity (Wildman–Crippen MR) is 158 cm³/mol. The zero-order valence-corrected chi connectivity index (χ0v) is 22.4. The summed E-state index contributed by atoms with van der Waals surface area (Å²) in [6.45, 7) is 7.71. The zero-order valence-electron chi connectivity index (χ0n) is 29.4. The van der Waals surface area contributed by atoms with E-state index in [0.717, 1.165) is 33.5 Å². The molecule has 0 amide bonds. The van der Waals surface area contributed by atoms with Crippen LogP contribution in [0.25, 0.3) is 43.6 Å². The molecule has 1 aromatic heterocycles. The third-order valence-corrected chi connectivity index (χ3v) is 7.07. The van der Waals surface area contributed by atoms with E-state index in [9.17, 15) is 0 Å². The Bertz CT molecular complexity index is 1990. The Labute approximate surface area is 230 Å². The summed E-state index contributed by atoms with van der Waals surface area (Å²) in [5.41, 5.74) is 2.84. The number of fused-ring (bicyclic) bond motifs is 5. The minimum atomic E-state index is -2.61. The van der Waals surface area contributed by atoms with Crippen LogP contribution in [0.5, 0.6) is 11.5 Å². The van der Waals surface area contributed by atoms with Gasteiger partial charge in [-0.05, 0) is 99.2 Å². The molecule has 37 heavy (non-hydrogen) atoms. The fraction of sp³-hybridized carbons (Fsp3) is 0.343. The average Bonchev–Trinajstić information content (AvgIpc) is 2.85. The van der Waals surface area contributed by atoms with Crippen molar-refractivity contribution in [3.8, 4) is 22.8 Å². The Morgan fingerprint density at radius 1 is 0.784 bits per heavy atom. The fourth-order valence-electron chi connectivity index (χ4n) is 5.68. The van der Waals surface area contributed by atoms with Gasteiger partial charge in [-0.25, -0.2) is 0 Å². The third-order valence-electron chi connectivity index (χ3n) is 7.07. The minimum absolute atomic E-state index is 0.121. The Kier molecular flexibility index (Phi) is 3.74. The number of aromatic nitrogens is 1. The smallest absolute Gasteiger partial charge is 0.140 e. The lowest BCUT2D eigenvalue weighted by atomic mass is 9.82. The van der Waals surface area contributed by atoms with Crippen LogP contribution in [0.3, 0.4) is 0 Å². The van der Waals surface area contributed by atoms with Crippen molar-refractivity contribution in [1.29, 1.82) is 0 Å². The first-order valence-corrected chi connectivity index (χ1v) is 12.9. The molecule has 0 atom stereocenters. The molecule has 0 radical (unpaired) electrons. The van der Waals surface area contributed by atoms with E-state index in [4.69, 9.17) is 19.3 Å². The van der Waals surface area contributed by atoms with Crippen LogP contribution >= 0.6 is 0 Å². The summed E-state index contributed by atoms with van der Waals surface area (Å²) < 4.78 is 64.4. The van der Waals surface area contributed by atoms with Gasteiger partial charge in [0.1, 0.15) is 11.5 Å². The predicted octanol–water partition coefficient (Wildman–Crippen LogP) is 10.1. The standard InChI is InChI=1S/C35H37NO/c1-20-13-23-16-28-32-31-26(11-12-36-32)25-10-9-22(18-34(3,4)5)15-24(25)17-30(31)37-33(28)29(19-35(6,7)8)27(23)14-21(20)2/h9-17H,18-19H2,1-8H3/i1D3,2D3,12D. The van der Waals surface area contributed by atoms with Crippen LogP contribution in [0.2, 0.25) is 0 Å². The van der Waals surface area contributed by atoms with Gasteiger partial charge in [-0.2, -0.15) is 0 Å². The van der Waals surface area contributed by atoms with Crippen LogP contribution < -0.4 is 4.74 Å². The van der Waals surface area contributed by atoms with Gasteiger partial charge in [0.25, 0.3) is 0 Å². The van der Waals surface area contributed by atoms with Gasteiger partial charge < -0.3 is 4.74 Å². The van der Waals surface area contributed by atoms with Gasteiger partial charge in [-0.3, -0.25) is 4.98 Å². The summed E-state index contributed by atoms with van der Waals surface area (Å²) in [4.78, 5) is 4.70. The molecule has 0 spiro atoms. The van der Waals surface area contributed by atoms with Gasteiger partial charge in [0.05, 0.1) is 12.5 Å². The molecular formula is C35H37NO. The largest absolute Gasteiger partial charge is 0.456 e. The van der Waals surface area contributed by atoms with Crippen LogP contribution in [0.1, 0.15) is 73.4 Å². The first-order chi connectivity index (χ1) is 20.2. The third kappa shape index (κ3) is 4.17. The number of benzene rings is 4. The Balaban J connectivity index is 1.71. The Hall–Kier alpha value is -3.39. The van der Waals surface area contributed by atoms with Crippen molar-refractivity contribution in [3.63, 3.8) is 0 Å². The maximum Gasteiger partial charge on any atom is 0.140 e. The summed E-state index contributed by atoms with van der Waals surface area (Å²) in [6, 6.07) is 15.1. The van der Waals surface area contributed by atoms with Crippen molar-refractivity contribution >= 4 is 32.3 Å². The molecule has 0 unspecified atom stereocenters. The van der Waals surface area contributed by atoms with Gasteiger partial charge in [-0.15, -0.1) is 0 Å². The molecule has 1 aliphatic heterocycles. The average molecular weight is 495 g/mol. The van der Waals surface area contributed by atoms with Crippen molar-refractivity contribution < 1.29 is 14.3 Å². The molecule has 0 saturated heterocycles. The van der Waals surface area contributed by atoms with E-state index < -0.39 is 13.7 Å². The van der Waals surface area contributed by atoms with Gasteiger partial charge >= 0.3 is 0 Å². The first-order valence-electron chi connectivity index (χ1n) is 16.4. The number of pyridine rings is 1. The maximum atomic E-state index is 8.68. The molecule has 2 heteroatoms. The number of ether oxygens (including phenoxy) is 1. The molecule has 188 valence electrons. The molecule has 0 aliphatic carbocycles. The summed E-state index contributed by atoms with van der Waals surface area (Å²) in [7, 11) is 0. The van der Waals surface area contributed by atoms with Crippen LogP contribution in [-0.2, 0) is 12.8 Å². The summed E-state index contributed by atoms with van der Waals surface area (Å²) in [5.74, 6) is 1.21. The Morgan fingerprint density at radius 2 is 1.51 bits per heavy atom. The lowest BCUT2D eigenvalue weighted by Crippen LogP contribution is -2.12. The summed E-state index contributed by atoms with van der Waals surface area (Å²) >= 11 is 0. The molecule has 2 nitrogen and oxygen atoms in total. The van der Waals surface area contributed by atoms with E-state index in [0.29, 0.717) is 39.9 Å². The second kappa shape index (κ2) is 8.05. The number of hydrogen-bond acceptors (Lipinski definition) is 2. The highest BCUT2D eigenvalue weighted by molar-refractivity contribution is 6.16. The van der Waals surface area contributed by atoms with E-state index >= 15 is 0 Å². The van der Waals surface area contributed by atoms with Crippen LogP contribution in [0.15, 0.2) is 54.7 Å². The normalized spacial score (nSPS) is 16.8. The van der Waals surface area contributed by atoms with E-state index in [-0.39, 0.29) is 28.1 Å². The molecular weight excluding hydrogens is 450 g/mol. The molecule has 4 aromatic carbocycles. The molecule has 0 N–H and O–H groups in total. The molecule has 0 saturated carbocycles. The topological polar surface area (TPSA) is 22.1 Å². The lowest BCUT2D eigenvalue weighted by molar-refractivity contribution is 0.400. The van der Waals surface area contributed by atoms with Crippen molar-refractivity contribution in [1.82, 2.24) is 4.98 Å². The number of nitrogens with zero attached hydrogens (tertiary/aromatic N) is 1. The summed E-state index contributed by atoms with van der Waals surface area (Å²) in [5, 5.41) is 4.95. The van der Waals surface area contributed by atoms with E-state index in [1.807, 2.05) is 12.1 Å². The minimum Gasteiger partial charge on any atom is -0.456 e. The molecule has 0 bridgehead atoms. The highest BCUT2D eigenvalue weighted by Crippen LogP contribution is 2.51. The molecule has 0 fully saturated rings. The second-order valence-electron chi connectivity index (χ2n) is 12.9. The summed E-state index contributed by atoms with van der Waals surface area (Å²) in [6.07, 6.45) is 1.58. The number of rotatable bonds is 2. The quantitative estimate of drug-likeness (QED) is 0.223. The van der Waals surface area contributed by atoms with Crippen LogP contribution in [0, 0.1) is 24.5 Å². The molecule has 6 rings (SSSR count). The fourth-order valence-corrected chi connectivity index (χ4v) is 5.68. The van der Waals surface area contributed by atoms with Crippen LogP contribution in [0.4, 0.5) is 0 Å². The van der Waals surface area contributed by atoms with Gasteiger partial charge in [0.15, 0.2) is 0 Å². The molecule has 2 heterocycles. The van der Waals surface area contributed by atoms with Gasteiger partial charge in [-0.1, -0.05) is 71.9 Å². The molecule has 5 aromatic rings. The van der Waals surface area contributed by atoms with E-state index in [1.54, 1.807) is 6.07 Å². The SMILES string of the molecule is [2H]c1cc2c3c(cc4cc(CC(C)(C)C)ccc42)Oc2c(cc4cc(C([2H])([2H])[2H])c(C([2H])([2H])[2H])cc4c2CC(C)(C)C)-c3n1. The van der Waals surface area contributed by atoms with Crippen molar-refractivity contribution in [3.05, 3.63) is 77.0 Å². The van der Waals surface area contributed by atoms with Crippen LogP contribution in [-0.4, -0.2) is 4.98 Å². The van der Waals surface area contributed by atoms with Gasteiger partial charge in [0, 0.05) is 25.5 Å². The zero-order chi connectivity index (χ0) is 32.1. The Morgan fingerprint density at radius 3 is 2.24 bits per heavy atom. The highest BCUT2D eigenvalue weighted by atomic mass is 16.5. The molecule has 1 aliphatic rings. The van der Waals surface area contributed by atoms with Crippen molar-refractivity contribution in [2.45, 2.75) is 68.1 Å². The highest BCUT2D eigenvalue weighted by Gasteiger charge is 2.28. The lowest BCUT2D eigenvalue weighted by Gasteiger charge is -2.28. The number of aryl methyl sites for hydroxylation is 2. The van der Waals surface area contributed by atoms with Crippen molar-refractivity contribution in [2.24, 2.45) is 10.8 Å².